The highest BCUT2D eigenvalue weighted by molar-refractivity contribution is 7.71. The lowest BCUT2D eigenvalue weighted by Crippen LogP contribution is -2.05. The molecule has 1 aromatic heterocycles. The molecule has 1 heterocycles. The number of aryl methyl sites for hydroxylation is 1. The van der Waals surface area contributed by atoms with Crippen LogP contribution in [-0.4, -0.2) is 16.6 Å². The van der Waals surface area contributed by atoms with Crippen molar-refractivity contribution in [3.8, 4) is 0 Å². The van der Waals surface area contributed by atoms with Gasteiger partial charge in [-0.2, -0.15) is 0 Å². The first-order valence-electron chi connectivity index (χ1n) is 4.33. The summed E-state index contributed by atoms with van der Waals surface area (Å²) in [5.41, 5.74) is 1.02. The number of nitrogens with one attached hydrogen (secondary N) is 1. The second-order valence-electron chi connectivity index (χ2n) is 2.89. The van der Waals surface area contributed by atoms with Crippen molar-refractivity contribution >= 4 is 12.2 Å². The molecular weight excluding hydrogens is 184 g/mol. The first kappa shape index (κ1) is 10.3. The monoisotopic (exact) mass is 198 g/mol. The van der Waals surface area contributed by atoms with Gasteiger partial charge in [0.1, 0.15) is 16.6 Å². The molecule has 72 valence electrons. The molecule has 1 unspecified atom stereocenters. The molecule has 0 aliphatic rings. The lowest BCUT2D eigenvalue weighted by molar-refractivity contribution is 0.0698. The molecule has 0 radical (unpaired) electrons. The first-order chi connectivity index (χ1) is 6.13. The van der Waals surface area contributed by atoms with Crippen molar-refractivity contribution in [1.82, 2.24) is 9.97 Å². The summed E-state index contributed by atoms with van der Waals surface area (Å²) in [5.74, 6) is 0.798. The summed E-state index contributed by atoms with van der Waals surface area (Å²) in [5, 5.41) is 0. The van der Waals surface area contributed by atoms with Crippen molar-refractivity contribution in [3.63, 3.8) is 0 Å². The Labute approximate surface area is 83.2 Å². The minimum Gasteiger partial charge on any atom is -0.371 e. The third-order valence-electron chi connectivity index (χ3n) is 1.70. The molecule has 0 fully saturated rings. The van der Waals surface area contributed by atoms with Crippen molar-refractivity contribution in [2.24, 2.45) is 0 Å². The summed E-state index contributed by atoms with van der Waals surface area (Å²) in [6.45, 7) is 6.55. The summed E-state index contributed by atoms with van der Waals surface area (Å²) < 4.78 is 6.01. The van der Waals surface area contributed by atoms with E-state index in [4.69, 9.17) is 17.0 Å². The zero-order valence-corrected chi connectivity index (χ0v) is 8.94. The van der Waals surface area contributed by atoms with Gasteiger partial charge in [-0.25, -0.2) is 4.98 Å². The minimum absolute atomic E-state index is 0.0217. The lowest BCUT2D eigenvalue weighted by atomic mass is 10.3. The molecular formula is C9H14N2OS. The van der Waals surface area contributed by atoms with Crippen LogP contribution >= 0.6 is 12.2 Å². The zero-order chi connectivity index (χ0) is 9.84. The van der Waals surface area contributed by atoms with Crippen LogP contribution < -0.4 is 0 Å². The van der Waals surface area contributed by atoms with Gasteiger partial charge in [0.15, 0.2) is 0 Å². The molecule has 1 N–H and O–H groups in total. The van der Waals surface area contributed by atoms with Crippen molar-refractivity contribution in [1.29, 1.82) is 0 Å². The fraction of sp³-hybridized carbons (Fsp3) is 0.556. The molecule has 1 aromatic rings. The number of hydrogen-bond acceptors (Lipinski definition) is 3. The average Bonchev–Trinajstić information content (AvgIpc) is 2.03. The SMILES string of the molecule is CCOC(C)c1nc(=S)cc(C)[nH]1. The summed E-state index contributed by atoms with van der Waals surface area (Å²) in [7, 11) is 0. The topological polar surface area (TPSA) is 37.9 Å². The normalized spacial score (nSPS) is 12.8. The molecule has 13 heavy (non-hydrogen) atoms. The Balaban J connectivity index is 2.94. The Bertz CT molecular complexity index is 335. The van der Waals surface area contributed by atoms with Gasteiger partial charge in [-0.1, -0.05) is 12.2 Å². The number of H-pyrrole nitrogens is 1. The Kier molecular flexibility index (Phi) is 3.57. The molecule has 4 heteroatoms. The van der Waals surface area contributed by atoms with Crippen LogP contribution in [-0.2, 0) is 4.74 Å². The van der Waals surface area contributed by atoms with Crippen LogP contribution in [0.1, 0.15) is 31.5 Å². The number of ether oxygens (including phenoxy) is 1. The average molecular weight is 198 g/mol. The van der Waals surface area contributed by atoms with Crippen LogP contribution in [0, 0.1) is 11.6 Å². The van der Waals surface area contributed by atoms with Gasteiger partial charge in [-0.15, -0.1) is 0 Å². The largest absolute Gasteiger partial charge is 0.371 e. The van der Waals surface area contributed by atoms with E-state index in [9.17, 15) is 0 Å². The Morgan fingerprint density at radius 1 is 1.69 bits per heavy atom. The van der Waals surface area contributed by atoms with Crippen LogP contribution in [0.4, 0.5) is 0 Å². The quantitative estimate of drug-likeness (QED) is 0.758. The first-order valence-corrected chi connectivity index (χ1v) is 4.73. The van der Waals surface area contributed by atoms with Gasteiger partial charge in [0.25, 0.3) is 0 Å². The fourth-order valence-corrected chi connectivity index (χ4v) is 1.40. The van der Waals surface area contributed by atoms with Crippen molar-refractivity contribution < 1.29 is 4.74 Å². The van der Waals surface area contributed by atoms with Gasteiger partial charge in [0, 0.05) is 12.3 Å². The highest BCUT2D eigenvalue weighted by atomic mass is 32.1. The number of nitrogens with zero attached hydrogens (tertiary/aromatic N) is 1. The molecule has 0 aliphatic heterocycles. The maximum atomic E-state index is 5.40. The van der Waals surface area contributed by atoms with E-state index in [1.54, 1.807) is 0 Å². The molecule has 0 aromatic carbocycles. The van der Waals surface area contributed by atoms with E-state index >= 15 is 0 Å². The Morgan fingerprint density at radius 3 is 2.92 bits per heavy atom. The van der Waals surface area contributed by atoms with E-state index in [1.165, 1.54) is 0 Å². The second kappa shape index (κ2) is 4.48. The number of aromatic amines is 1. The molecule has 1 rings (SSSR count). The Hall–Kier alpha value is -0.740. The molecule has 0 bridgehead atoms. The zero-order valence-electron chi connectivity index (χ0n) is 8.13. The molecule has 0 aliphatic carbocycles. The Morgan fingerprint density at radius 2 is 2.38 bits per heavy atom. The summed E-state index contributed by atoms with van der Waals surface area (Å²) in [6, 6.07) is 1.83. The van der Waals surface area contributed by atoms with Gasteiger partial charge in [-0.3, -0.25) is 0 Å². The third kappa shape index (κ3) is 2.90. The molecule has 0 amide bonds. The van der Waals surface area contributed by atoms with E-state index in [0.29, 0.717) is 11.2 Å². The second-order valence-corrected chi connectivity index (χ2v) is 3.30. The number of hydrogen-bond donors (Lipinski definition) is 1. The van der Waals surface area contributed by atoms with E-state index in [2.05, 4.69) is 9.97 Å². The van der Waals surface area contributed by atoms with Gasteiger partial charge in [0.05, 0.1) is 0 Å². The highest BCUT2D eigenvalue weighted by Gasteiger charge is 2.06. The molecule has 0 saturated heterocycles. The van der Waals surface area contributed by atoms with Crippen molar-refractivity contribution in [3.05, 3.63) is 22.2 Å². The van der Waals surface area contributed by atoms with E-state index in [1.807, 2.05) is 26.8 Å². The summed E-state index contributed by atoms with van der Waals surface area (Å²) in [6.07, 6.45) is -0.0217. The number of aromatic nitrogens is 2. The predicted molar refractivity (Wildman–Crippen MR) is 54.2 cm³/mol. The highest BCUT2D eigenvalue weighted by Crippen LogP contribution is 2.11. The summed E-state index contributed by atoms with van der Waals surface area (Å²) >= 11 is 5.00. The number of rotatable bonds is 3. The van der Waals surface area contributed by atoms with Gasteiger partial charge >= 0.3 is 0 Å². The van der Waals surface area contributed by atoms with Crippen LogP contribution in [0.15, 0.2) is 6.07 Å². The van der Waals surface area contributed by atoms with Crippen LogP contribution in [0.5, 0.6) is 0 Å². The smallest absolute Gasteiger partial charge is 0.136 e. The maximum Gasteiger partial charge on any atom is 0.136 e. The molecule has 0 spiro atoms. The van der Waals surface area contributed by atoms with E-state index in [0.717, 1.165) is 11.5 Å². The third-order valence-corrected chi connectivity index (χ3v) is 1.91. The van der Waals surface area contributed by atoms with E-state index < -0.39 is 0 Å². The van der Waals surface area contributed by atoms with Gasteiger partial charge < -0.3 is 9.72 Å². The fourth-order valence-electron chi connectivity index (χ4n) is 1.12. The van der Waals surface area contributed by atoms with Crippen molar-refractivity contribution in [2.45, 2.75) is 26.9 Å². The molecule has 1 atom stereocenters. The summed E-state index contributed by atoms with van der Waals surface area (Å²) in [4.78, 5) is 7.32. The maximum absolute atomic E-state index is 5.40. The molecule has 3 nitrogen and oxygen atoms in total. The van der Waals surface area contributed by atoms with Crippen LogP contribution in [0.25, 0.3) is 0 Å². The van der Waals surface area contributed by atoms with Crippen LogP contribution in [0.3, 0.4) is 0 Å². The molecule has 0 saturated carbocycles. The predicted octanol–water partition coefficient (Wildman–Crippen LogP) is 2.55. The van der Waals surface area contributed by atoms with Gasteiger partial charge in [0.2, 0.25) is 0 Å². The minimum atomic E-state index is -0.0217. The van der Waals surface area contributed by atoms with Crippen molar-refractivity contribution in [2.75, 3.05) is 6.61 Å². The standard InChI is InChI=1S/C9H14N2OS/c1-4-12-7(3)9-10-6(2)5-8(13)11-9/h5,7H,4H2,1-3H3,(H,10,11,13). The van der Waals surface area contributed by atoms with Gasteiger partial charge in [-0.05, 0) is 26.8 Å². The van der Waals surface area contributed by atoms with E-state index in [-0.39, 0.29) is 6.10 Å². The van der Waals surface area contributed by atoms with Crippen LogP contribution in [0.2, 0.25) is 0 Å². The lowest BCUT2D eigenvalue weighted by Gasteiger charge is -2.11.